The van der Waals surface area contributed by atoms with Crippen molar-refractivity contribution in [2.24, 2.45) is 0 Å². The highest BCUT2D eigenvalue weighted by Crippen LogP contribution is 2.18. The number of hydrogen-bond donors (Lipinski definition) is 1. The molecular formula is C14H23N. The van der Waals surface area contributed by atoms with Crippen LogP contribution in [0.15, 0.2) is 24.3 Å². The second-order valence-corrected chi connectivity index (χ2v) is 4.10. The zero-order valence-corrected chi connectivity index (χ0v) is 10.2. The van der Waals surface area contributed by atoms with E-state index in [1.807, 2.05) is 7.05 Å². The average Bonchev–Trinajstić information content (AvgIpc) is 2.29. The molecule has 84 valence electrons. The van der Waals surface area contributed by atoms with Crippen molar-refractivity contribution >= 4 is 0 Å². The van der Waals surface area contributed by atoms with Gasteiger partial charge in [-0.2, -0.15) is 0 Å². The molecule has 1 unspecified atom stereocenters. The second kappa shape index (κ2) is 6.62. The van der Waals surface area contributed by atoms with Crippen LogP contribution < -0.4 is 5.32 Å². The summed E-state index contributed by atoms with van der Waals surface area (Å²) in [7, 11) is 2.03. The number of hydrogen-bond acceptors (Lipinski definition) is 1. The Kier molecular flexibility index (Phi) is 5.41. The first-order valence-electron chi connectivity index (χ1n) is 6.07. The van der Waals surface area contributed by atoms with Crippen LogP contribution in [0.2, 0.25) is 0 Å². The topological polar surface area (TPSA) is 12.0 Å². The van der Waals surface area contributed by atoms with Crippen LogP contribution in [0.3, 0.4) is 0 Å². The van der Waals surface area contributed by atoms with E-state index in [1.54, 1.807) is 0 Å². The summed E-state index contributed by atoms with van der Waals surface area (Å²) >= 11 is 0. The number of benzene rings is 1. The molecule has 1 N–H and O–H groups in total. The summed E-state index contributed by atoms with van der Waals surface area (Å²) in [5.41, 5.74) is 2.90. The molecule has 0 saturated carbocycles. The lowest BCUT2D eigenvalue weighted by atomic mass is 10.00. The third-order valence-electron chi connectivity index (χ3n) is 2.93. The van der Waals surface area contributed by atoms with E-state index in [4.69, 9.17) is 0 Å². The van der Waals surface area contributed by atoms with E-state index in [1.165, 1.54) is 30.4 Å². The van der Waals surface area contributed by atoms with Gasteiger partial charge in [0.25, 0.3) is 0 Å². The smallest absolute Gasteiger partial charge is 0.0314 e. The number of unbranched alkanes of at least 4 members (excludes halogenated alkanes) is 1. The molecule has 0 aromatic heterocycles. The van der Waals surface area contributed by atoms with Gasteiger partial charge in [-0.1, -0.05) is 44.5 Å². The van der Waals surface area contributed by atoms with E-state index in [0.717, 1.165) is 6.42 Å². The normalized spacial score (nSPS) is 12.7. The molecule has 1 rings (SSSR count). The third kappa shape index (κ3) is 3.67. The Morgan fingerprint density at radius 1 is 1.27 bits per heavy atom. The van der Waals surface area contributed by atoms with Gasteiger partial charge >= 0.3 is 0 Å². The molecule has 15 heavy (non-hydrogen) atoms. The first-order valence-corrected chi connectivity index (χ1v) is 6.07. The van der Waals surface area contributed by atoms with Gasteiger partial charge in [0.1, 0.15) is 0 Å². The van der Waals surface area contributed by atoms with Gasteiger partial charge in [0, 0.05) is 6.04 Å². The summed E-state index contributed by atoms with van der Waals surface area (Å²) in [6.45, 7) is 4.46. The van der Waals surface area contributed by atoms with Crippen LogP contribution in [0.4, 0.5) is 0 Å². The summed E-state index contributed by atoms with van der Waals surface area (Å²) in [5.74, 6) is 0. The van der Waals surface area contributed by atoms with Crippen molar-refractivity contribution < 1.29 is 0 Å². The molecule has 0 fully saturated rings. The van der Waals surface area contributed by atoms with Crippen LogP contribution in [-0.2, 0) is 6.42 Å². The van der Waals surface area contributed by atoms with Gasteiger partial charge in [-0.25, -0.2) is 0 Å². The van der Waals surface area contributed by atoms with Crippen molar-refractivity contribution in [3.05, 3.63) is 35.4 Å². The number of nitrogens with one attached hydrogen (secondary N) is 1. The molecule has 1 heteroatoms. The minimum atomic E-state index is 0.506. The standard InChI is InChI=1S/C14H23N/c1-4-6-8-12-9-7-10-13(11-12)14(5-2)15-3/h7,9-11,14-15H,4-6,8H2,1-3H3. The maximum atomic E-state index is 3.35. The van der Waals surface area contributed by atoms with Crippen LogP contribution in [-0.4, -0.2) is 7.05 Å². The van der Waals surface area contributed by atoms with E-state index < -0.39 is 0 Å². The molecular weight excluding hydrogens is 182 g/mol. The van der Waals surface area contributed by atoms with Crippen LogP contribution in [0.1, 0.15) is 50.3 Å². The molecule has 0 amide bonds. The molecule has 1 aromatic carbocycles. The molecule has 0 aliphatic heterocycles. The van der Waals surface area contributed by atoms with E-state index in [-0.39, 0.29) is 0 Å². The lowest BCUT2D eigenvalue weighted by Crippen LogP contribution is -2.15. The fourth-order valence-corrected chi connectivity index (χ4v) is 1.95. The molecule has 0 spiro atoms. The maximum Gasteiger partial charge on any atom is 0.0314 e. The van der Waals surface area contributed by atoms with Gasteiger partial charge in [0.2, 0.25) is 0 Å². The summed E-state index contributed by atoms with van der Waals surface area (Å²) < 4.78 is 0. The van der Waals surface area contributed by atoms with Crippen LogP contribution in [0.25, 0.3) is 0 Å². The van der Waals surface area contributed by atoms with Crippen molar-refractivity contribution in [2.45, 2.75) is 45.6 Å². The van der Waals surface area contributed by atoms with Crippen molar-refractivity contribution in [1.82, 2.24) is 5.32 Å². The first-order chi connectivity index (χ1) is 7.31. The van der Waals surface area contributed by atoms with Gasteiger partial charge < -0.3 is 5.32 Å². The Morgan fingerprint density at radius 2 is 2.07 bits per heavy atom. The predicted octanol–water partition coefficient (Wildman–Crippen LogP) is 3.70. The lowest BCUT2D eigenvalue weighted by molar-refractivity contribution is 0.576. The van der Waals surface area contributed by atoms with E-state index in [9.17, 15) is 0 Å². The quantitative estimate of drug-likeness (QED) is 0.746. The average molecular weight is 205 g/mol. The molecule has 0 bridgehead atoms. The van der Waals surface area contributed by atoms with Crippen LogP contribution in [0, 0.1) is 0 Å². The fraction of sp³-hybridized carbons (Fsp3) is 0.571. The minimum Gasteiger partial charge on any atom is -0.313 e. The Labute approximate surface area is 93.9 Å². The molecule has 0 saturated heterocycles. The van der Waals surface area contributed by atoms with Crippen molar-refractivity contribution in [2.75, 3.05) is 7.05 Å². The largest absolute Gasteiger partial charge is 0.313 e. The number of aryl methyl sites for hydroxylation is 1. The van der Waals surface area contributed by atoms with Gasteiger partial charge in [0.05, 0.1) is 0 Å². The maximum absolute atomic E-state index is 3.35. The molecule has 0 aliphatic rings. The summed E-state index contributed by atoms with van der Waals surface area (Å²) in [4.78, 5) is 0. The van der Waals surface area contributed by atoms with Gasteiger partial charge in [-0.3, -0.25) is 0 Å². The Hall–Kier alpha value is -0.820. The van der Waals surface area contributed by atoms with Gasteiger partial charge in [0.15, 0.2) is 0 Å². The molecule has 1 nitrogen and oxygen atoms in total. The van der Waals surface area contributed by atoms with Crippen molar-refractivity contribution in [3.63, 3.8) is 0 Å². The molecule has 0 heterocycles. The van der Waals surface area contributed by atoms with Gasteiger partial charge in [-0.05, 0) is 37.4 Å². The van der Waals surface area contributed by atoms with E-state index in [0.29, 0.717) is 6.04 Å². The molecule has 0 aliphatic carbocycles. The summed E-state index contributed by atoms with van der Waals surface area (Å²) in [5, 5.41) is 3.35. The first kappa shape index (κ1) is 12.3. The fourth-order valence-electron chi connectivity index (χ4n) is 1.95. The Morgan fingerprint density at radius 3 is 2.67 bits per heavy atom. The van der Waals surface area contributed by atoms with Crippen LogP contribution >= 0.6 is 0 Å². The minimum absolute atomic E-state index is 0.506. The summed E-state index contributed by atoms with van der Waals surface area (Å²) in [6.07, 6.45) is 4.92. The van der Waals surface area contributed by atoms with Crippen LogP contribution in [0.5, 0.6) is 0 Å². The monoisotopic (exact) mass is 205 g/mol. The molecule has 0 radical (unpaired) electrons. The highest BCUT2D eigenvalue weighted by Gasteiger charge is 2.06. The highest BCUT2D eigenvalue weighted by atomic mass is 14.9. The lowest BCUT2D eigenvalue weighted by Gasteiger charge is -2.15. The van der Waals surface area contributed by atoms with E-state index >= 15 is 0 Å². The molecule has 1 aromatic rings. The Bertz CT molecular complexity index is 276. The molecule has 1 atom stereocenters. The zero-order valence-electron chi connectivity index (χ0n) is 10.2. The third-order valence-corrected chi connectivity index (χ3v) is 2.93. The SMILES string of the molecule is CCCCc1cccc(C(CC)NC)c1. The van der Waals surface area contributed by atoms with Crippen molar-refractivity contribution in [1.29, 1.82) is 0 Å². The highest BCUT2D eigenvalue weighted by molar-refractivity contribution is 5.26. The zero-order chi connectivity index (χ0) is 11.1. The summed E-state index contributed by atoms with van der Waals surface area (Å²) in [6, 6.07) is 9.49. The second-order valence-electron chi connectivity index (χ2n) is 4.10. The van der Waals surface area contributed by atoms with Crippen molar-refractivity contribution in [3.8, 4) is 0 Å². The van der Waals surface area contributed by atoms with Gasteiger partial charge in [-0.15, -0.1) is 0 Å². The van der Waals surface area contributed by atoms with E-state index in [2.05, 4.69) is 43.4 Å². The number of rotatable bonds is 6. The predicted molar refractivity (Wildman–Crippen MR) is 67.1 cm³/mol. The Balaban J connectivity index is 2.72.